The van der Waals surface area contributed by atoms with E-state index in [1.54, 1.807) is 11.8 Å². The van der Waals surface area contributed by atoms with E-state index in [0.29, 0.717) is 17.2 Å². The molecule has 3 aromatic carbocycles. The molecule has 0 spiro atoms. The van der Waals surface area contributed by atoms with Gasteiger partial charge in [0, 0.05) is 20.9 Å². The van der Waals surface area contributed by atoms with Crippen LogP contribution in [0.2, 0.25) is 0 Å². The van der Waals surface area contributed by atoms with Crippen LogP contribution in [0, 0.1) is 20.8 Å². The monoisotopic (exact) mass is 522 g/mol. The lowest BCUT2D eigenvalue weighted by atomic mass is 9.85. The summed E-state index contributed by atoms with van der Waals surface area (Å²) in [5.74, 6) is 1.14. The molecule has 3 N–H and O–H groups in total. The number of benzene rings is 3. The molecule has 3 rings (SSSR count). The number of phenols is 3. The Balaban J connectivity index is 0.000000335. The number of hydrogen-bond donors (Lipinski definition) is 3. The highest BCUT2D eigenvalue weighted by Crippen LogP contribution is 2.42. The van der Waals surface area contributed by atoms with E-state index in [-0.39, 0.29) is 16.2 Å². The Morgan fingerprint density at radius 3 is 1.22 bits per heavy atom. The molecule has 4 heteroatoms. The van der Waals surface area contributed by atoms with E-state index in [1.165, 1.54) is 0 Å². The summed E-state index contributed by atoms with van der Waals surface area (Å²) in [6.45, 7) is 24.9. The average Bonchev–Trinajstić information content (AvgIpc) is 2.71. The summed E-state index contributed by atoms with van der Waals surface area (Å²) < 4.78 is 0. The van der Waals surface area contributed by atoms with Gasteiger partial charge >= 0.3 is 0 Å². The van der Waals surface area contributed by atoms with Crippen molar-refractivity contribution in [2.45, 2.75) is 109 Å². The van der Waals surface area contributed by atoms with E-state index in [9.17, 15) is 15.3 Å². The Bertz CT molecular complexity index is 1190. The molecule has 0 heterocycles. The molecule has 0 aromatic heterocycles. The summed E-state index contributed by atoms with van der Waals surface area (Å²) >= 11 is 1.70. The zero-order valence-electron chi connectivity index (χ0n) is 24.8. The number of rotatable bonds is 2. The van der Waals surface area contributed by atoms with Crippen molar-refractivity contribution < 1.29 is 15.3 Å². The number of para-hydroxylation sites is 1. The van der Waals surface area contributed by atoms with Crippen molar-refractivity contribution in [2.24, 2.45) is 0 Å². The molecule has 0 fully saturated rings. The standard InChI is InChI=1S/C22H30O2S.C11H16O/c1-13-9-17(23)15(21(3,4)5)11-19(13)25-20-12-16(22(6,7)8)18(24)10-14(20)2;1-8-6-5-7-9(10(8)12)11(2,3)4/h9-12,23-24H,1-8H3;5-7,12H,1-4H3. The van der Waals surface area contributed by atoms with Gasteiger partial charge in [-0.1, -0.05) is 92.3 Å². The third kappa shape index (κ3) is 7.70. The summed E-state index contributed by atoms with van der Waals surface area (Å²) in [5.41, 5.74) is 5.77. The van der Waals surface area contributed by atoms with Crippen molar-refractivity contribution in [3.8, 4) is 17.2 Å². The van der Waals surface area contributed by atoms with Crippen LogP contribution in [0.4, 0.5) is 0 Å². The van der Waals surface area contributed by atoms with Gasteiger partial charge in [0.2, 0.25) is 0 Å². The summed E-state index contributed by atoms with van der Waals surface area (Å²) in [6, 6.07) is 13.8. The molecule has 3 nitrogen and oxygen atoms in total. The van der Waals surface area contributed by atoms with Crippen molar-refractivity contribution in [3.63, 3.8) is 0 Å². The molecule has 0 atom stereocenters. The second kappa shape index (κ2) is 11.0. The summed E-state index contributed by atoms with van der Waals surface area (Å²) in [5, 5.41) is 30.4. The summed E-state index contributed by atoms with van der Waals surface area (Å²) in [6.07, 6.45) is 0. The van der Waals surface area contributed by atoms with Crippen molar-refractivity contribution in [3.05, 3.63) is 75.8 Å². The van der Waals surface area contributed by atoms with Gasteiger partial charge in [-0.05, 0) is 83.5 Å². The minimum atomic E-state index is -0.117. The van der Waals surface area contributed by atoms with Crippen LogP contribution < -0.4 is 0 Å². The average molecular weight is 523 g/mol. The molecule has 3 aromatic rings. The van der Waals surface area contributed by atoms with Gasteiger partial charge in [0.05, 0.1) is 0 Å². The predicted octanol–water partition coefficient (Wildman–Crippen LogP) is 9.46. The SMILES string of the molecule is Cc1cc(O)c(C(C)(C)C)cc1Sc1cc(C(C)(C)C)c(O)cc1C.Cc1cccc(C(C)(C)C)c1O. The highest BCUT2D eigenvalue weighted by atomic mass is 32.2. The van der Waals surface area contributed by atoms with Crippen LogP contribution in [0.3, 0.4) is 0 Å². The first kappa shape index (κ1) is 30.6. The highest BCUT2D eigenvalue weighted by Gasteiger charge is 2.23. The number of aryl methyl sites for hydroxylation is 3. The van der Waals surface area contributed by atoms with Crippen LogP contribution in [0.5, 0.6) is 17.2 Å². The molecule has 0 aliphatic rings. The van der Waals surface area contributed by atoms with Gasteiger partial charge in [-0.3, -0.25) is 0 Å². The Labute approximate surface area is 229 Å². The molecule has 0 bridgehead atoms. The molecule has 37 heavy (non-hydrogen) atoms. The third-order valence-corrected chi connectivity index (χ3v) is 7.79. The van der Waals surface area contributed by atoms with Crippen LogP contribution in [0.25, 0.3) is 0 Å². The molecule has 0 radical (unpaired) electrons. The Morgan fingerprint density at radius 1 is 0.514 bits per heavy atom. The lowest BCUT2D eigenvalue weighted by Crippen LogP contribution is -2.12. The van der Waals surface area contributed by atoms with Gasteiger partial charge in [-0.2, -0.15) is 0 Å². The molecule has 0 aliphatic heterocycles. The highest BCUT2D eigenvalue weighted by molar-refractivity contribution is 7.99. The van der Waals surface area contributed by atoms with Crippen molar-refractivity contribution in [2.75, 3.05) is 0 Å². The zero-order valence-corrected chi connectivity index (χ0v) is 25.6. The van der Waals surface area contributed by atoms with Gasteiger partial charge in [0.15, 0.2) is 0 Å². The third-order valence-electron chi connectivity index (χ3n) is 6.47. The van der Waals surface area contributed by atoms with Crippen LogP contribution in [0.1, 0.15) is 95.7 Å². The van der Waals surface area contributed by atoms with E-state index >= 15 is 0 Å². The molecule has 0 aliphatic carbocycles. The molecule has 0 unspecified atom stereocenters. The first-order valence-electron chi connectivity index (χ1n) is 12.9. The predicted molar refractivity (Wildman–Crippen MR) is 159 cm³/mol. The van der Waals surface area contributed by atoms with E-state index in [2.05, 4.69) is 74.4 Å². The summed E-state index contributed by atoms with van der Waals surface area (Å²) in [4.78, 5) is 2.27. The second-order valence-electron chi connectivity index (χ2n) is 13.1. The smallest absolute Gasteiger partial charge is 0.122 e. The molecule has 0 amide bonds. The van der Waals surface area contributed by atoms with Gasteiger partial charge in [0.25, 0.3) is 0 Å². The minimum Gasteiger partial charge on any atom is -0.508 e. The van der Waals surface area contributed by atoms with Crippen LogP contribution in [-0.2, 0) is 16.2 Å². The molecule has 0 saturated heterocycles. The van der Waals surface area contributed by atoms with E-state index in [1.807, 2.05) is 51.1 Å². The van der Waals surface area contributed by atoms with E-state index < -0.39 is 0 Å². The number of aromatic hydroxyl groups is 3. The second-order valence-corrected chi connectivity index (χ2v) is 14.2. The van der Waals surface area contributed by atoms with Crippen LogP contribution >= 0.6 is 11.8 Å². The fraction of sp³-hybridized carbons (Fsp3) is 0.455. The van der Waals surface area contributed by atoms with Gasteiger partial charge in [-0.15, -0.1) is 0 Å². The van der Waals surface area contributed by atoms with Crippen LogP contribution in [-0.4, -0.2) is 15.3 Å². The maximum Gasteiger partial charge on any atom is 0.122 e. The molecule has 0 saturated carbocycles. The van der Waals surface area contributed by atoms with Crippen LogP contribution in [0.15, 0.2) is 52.3 Å². The Kier molecular flexibility index (Phi) is 9.13. The lowest BCUT2D eigenvalue weighted by molar-refractivity contribution is 0.442. The van der Waals surface area contributed by atoms with Crippen molar-refractivity contribution in [1.82, 2.24) is 0 Å². The largest absolute Gasteiger partial charge is 0.508 e. The van der Waals surface area contributed by atoms with Gasteiger partial charge in [0.1, 0.15) is 17.2 Å². The minimum absolute atomic E-state index is 0.0239. The van der Waals surface area contributed by atoms with E-state index in [4.69, 9.17) is 0 Å². The molecular formula is C33H46O3S. The molecular weight excluding hydrogens is 476 g/mol. The Hall–Kier alpha value is -2.59. The normalized spacial score (nSPS) is 12.2. The first-order chi connectivity index (χ1) is 16.7. The number of hydrogen-bond acceptors (Lipinski definition) is 4. The fourth-order valence-corrected chi connectivity index (χ4v) is 5.18. The maximum absolute atomic E-state index is 10.3. The lowest BCUT2D eigenvalue weighted by Gasteiger charge is -2.24. The van der Waals surface area contributed by atoms with Crippen molar-refractivity contribution >= 4 is 11.8 Å². The first-order valence-corrected chi connectivity index (χ1v) is 13.7. The van der Waals surface area contributed by atoms with E-state index in [0.717, 1.165) is 43.2 Å². The topological polar surface area (TPSA) is 60.7 Å². The van der Waals surface area contributed by atoms with Gasteiger partial charge < -0.3 is 15.3 Å². The zero-order chi connectivity index (χ0) is 28.5. The molecule has 202 valence electrons. The quantitative estimate of drug-likeness (QED) is 0.314. The fourth-order valence-electron chi connectivity index (χ4n) is 4.15. The summed E-state index contributed by atoms with van der Waals surface area (Å²) in [7, 11) is 0. The maximum atomic E-state index is 10.3. The van der Waals surface area contributed by atoms with Crippen molar-refractivity contribution in [1.29, 1.82) is 0 Å². The Morgan fingerprint density at radius 2 is 0.892 bits per heavy atom. The van der Waals surface area contributed by atoms with Gasteiger partial charge in [-0.25, -0.2) is 0 Å². The number of phenolic OH excluding ortho intramolecular Hbond substituents is 3.